The van der Waals surface area contributed by atoms with Crippen molar-refractivity contribution < 1.29 is 9.53 Å². The number of hydrogen-bond donors (Lipinski definition) is 0. The minimum absolute atomic E-state index is 0.00241. The van der Waals surface area contributed by atoms with E-state index in [9.17, 15) is 4.79 Å². The molecule has 2 nitrogen and oxygen atoms in total. The van der Waals surface area contributed by atoms with Gasteiger partial charge in [0.05, 0.1) is 0 Å². The average Bonchev–Trinajstić information content (AvgIpc) is 2.40. The number of rotatable bonds is 3. The highest BCUT2D eigenvalue weighted by molar-refractivity contribution is 6.26. The van der Waals surface area contributed by atoms with Crippen molar-refractivity contribution in [1.82, 2.24) is 0 Å². The van der Waals surface area contributed by atoms with Crippen LogP contribution in [0, 0.1) is 0 Å². The maximum Gasteiger partial charge on any atom is 0.321 e. The summed E-state index contributed by atoms with van der Waals surface area (Å²) in [7, 11) is 0. The Morgan fingerprint density at radius 3 is 2.65 bits per heavy atom. The number of halogens is 1. The van der Waals surface area contributed by atoms with Crippen molar-refractivity contribution in [3.63, 3.8) is 0 Å². The second-order valence-corrected chi connectivity index (χ2v) is 4.73. The van der Waals surface area contributed by atoms with Gasteiger partial charge in [-0.25, -0.2) is 0 Å². The van der Waals surface area contributed by atoms with E-state index >= 15 is 0 Å². The first-order valence-electron chi connectivity index (χ1n) is 6.11. The van der Waals surface area contributed by atoms with E-state index in [2.05, 4.69) is 12.1 Å². The standard InChI is InChI=1S/C14H17ClO2/c15-10-14(16)17-13-9-5-4-8-12(13)11-6-2-1-3-7-11/h1-3,6-7,12-13H,4-5,8-10H2/t12-,13+/m0/s1. The molecule has 1 aromatic rings. The maximum absolute atomic E-state index is 11.3. The maximum atomic E-state index is 11.3. The number of ether oxygens (including phenoxy) is 1. The van der Waals surface area contributed by atoms with Gasteiger partial charge in [-0.3, -0.25) is 4.79 Å². The van der Waals surface area contributed by atoms with Crippen LogP contribution in [-0.2, 0) is 9.53 Å². The predicted molar refractivity (Wildman–Crippen MR) is 68.3 cm³/mol. The summed E-state index contributed by atoms with van der Waals surface area (Å²) in [6.07, 6.45) is 4.36. The zero-order valence-electron chi connectivity index (χ0n) is 9.77. The molecule has 2 atom stereocenters. The first-order valence-corrected chi connectivity index (χ1v) is 6.65. The van der Waals surface area contributed by atoms with Crippen LogP contribution >= 0.6 is 11.6 Å². The van der Waals surface area contributed by atoms with Crippen LogP contribution in [-0.4, -0.2) is 18.0 Å². The third kappa shape index (κ3) is 3.22. The number of benzene rings is 1. The van der Waals surface area contributed by atoms with Crippen LogP contribution in [0.5, 0.6) is 0 Å². The molecule has 92 valence electrons. The largest absolute Gasteiger partial charge is 0.461 e. The highest BCUT2D eigenvalue weighted by atomic mass is 35.5. The van der Waals surface area contributed by atoms with Gasteiger partial charge in [-0.15, -0.1) is 11.6 Å². The van der Waals surface area contributed by atoms with E-state index in [0.29, 0.717) is 5.92 Å². The quantitative estimate of drug-likeness (QED) is 0.608. The lowest BCUT2D eigenvalue weighted by molar-refractivity contribution is -0.148. The van der Waals surface area contributed by atoms with Gasteiger partial charge in [0.15, 0.2) is 0 Å². The second kappa shape index (κ2) is 6.06. The van der Waals surface area contributed by atoms with Crippen LogP contribution in [0.25, 0.3) is 0 Å². The molecule has 0 aromatic heterocycles. The van der Waals surface area contributed by atoms with Crippen molar-refractivity contribution >= 4 is 17.6 Å². The Labute approximate surface area is 107 Å². The lowest BCUT2D eigenvalue weighted by atomic mass is 9.81. The van der Waals surface area contributed by atoms with E-state index in [1.807, 2.05) is 18.2 Å². The number of carbonyl (C=O) groups excluding carboxylic acids is 1. The number of carbonyl (C=O) groups is 1. The van der Waals surface area contributed by atoms with Gasteiger partial charge in [-0.2, -0.15) is 0 Å². The molecule has 1 fully saturated rings. The van der Waals surface area contributed by atoms with Gasteiger partial charge in [0.25, 0.3) is 0 Å². The average molecular weight is 253 g/mol. The van der Waals surface area contributed by atoms with E-state index < -0.39 is 0 Å². The smallest absolute Gasteiger partial charge is 0.321 e. The van der Waals surface area contributed by atoms with Gasteiger partial charge in [0.2, 0.25) is 0 Å². The highest BCUT2D eigenvalue weighted by Crippen LogP contribution is 2.34. The van der Waals surface area contributed by atoms with Gasteiger partial charge in [-0.1, -0.05) is 36.8 Å². The molecule has 1 saturated carbocycles. The van der Waals surface area contributed by atoms with Crippen LogP contribution in [0.3, 0.4) is 0 Å². The van der Waals surface area contributed by atoms with Crippen molar-refractivity contribution in [3.8, 4) is 0 Å². The molecule has 2 rings (SSSR count). The normalized spacial score (nSPS) is 24.3. The van der Waals surface area contributed by atoms with Crippen molar-refractivity contribution in [1.29, 1.82) is 0 Å². The Kier molecular flexibility index (Phi) is 4.43. The summed E-state index contributed by atoms with van der Waals surface area (Å²) < 4.78 is 5.44. The minimum Gasteiger partial charge on any atom is -0.461 e. The van der Waals surface area contributed by atoms with Crippen molar-refractivity contribution in [2.75, 3.05) is 5.88 Å². The van der Waals surface area contributed by atoms with Crippen molar-refractivity contribution in [2.45, 2.75) is 37.7 Å². The summed E-state index contributed by atoms with van der Waals surface area (Å²) in [6.45, 7) is 0. The molecule has 17 heavy (non-hydrogen) atoms. The van der Waals surface area contributed by atoms with E-state index in [1.54, 1.807) is 0 Å². The minimum atomic E-state index is -0.306. The SMILES string of the molecule is O=C(CCl)O[C@@H]1CCCC[C@H]1c1ccccc1. The van der Waals surface area contributed by atoms with Crippen LogP contribution in [0.15, 0.2) is 30.3 Å². The van der Waals surface area contributed by atoms with E-state index in [0.717, 1.165) is 19.3 Å². The molecule has 3 heteroatoms. The summed E-state index contributed by atoms with van der Waals surface area (Å²) in [5, 5.41) is 0. The third-order valence-electron chi connectivity index (χ3n) is 3.32. The van der Waals surface area contributed by atoms with Gasteiger partial charge in [-0.05, 0) is 24.8 Å². The molecule has 1 aliphatic rings. The Hall–Kier alpha value is -1.02. The van der Waals surface area contributed by atoms with Gasteiger partial charge >= 0.3 is 5.97 Å². The predicted octanol–water partition coefficient (Wildman–Crippen LogP) is 3.49. The van der Waals surface area contributed by atoms with Gasteiger partial charge in [0, 0.05) is 5.92 Å². The summed E-state index contributed by atoms with van der Waals surface area (Å²) in [6, 6.07) is 10.3. The summed E-state index contributed by atoms with van der Waals surface area (Å²) in [4.78, 5) is 11.3. The van der Waals surface area contributed by atoms with Crippen LogP contribution < -0.4 is 0 Å². The lowest BCUT2D eigenvalue weighted by Gasteiger charge is -2.31. The van der Waals surface area contributed by atoms with Crippen molar-refractivity contribution in [3.05, 3.63) is 35.9 Å². The molecule has 0 saturated heterocycles. The number of esters is 1. The van der Waals surface area contributed by atoms with Crippen molar-refractivity contribution in [2.24, 2.45) is 0 Å². The molecule has 0 unspecified atom stereocenters. The molecule has 0 aliphatic heterocycles. The molecule has 0 N–H and O–H groups in total. The molecular formula is C14H17ClO2. The fourth-order valence-corrected chi connectivity index (χ4v) is 2.58. The van der Waals surface area contributed by atoms with Crippen LogP contribution in [0.4, 0.5) is 0 Å². The first kappa shape index (κ1) is 12.4. The molecular weight excluding hydrogens is 236 g/mol. The monoisotopic (exact) mass is 252 g/mol. The summed E-state index contributed by atoms with van der Waals surface area (Å²) in [5.74, 6) is -0.0329. The fraction of sp³-hybridized carbons (Fsp3) is 0.500. The number of alkyl halides is 1. The van der Waals surface area contributed by atoms with Gasteiger partial charge in [0.1, 0.15) is 12.0 Å². The first-order chi connectivity index (χ1) is 8.31. The lowest BCUT2D eigenvalue weighted by Crippen LogP contribution is -2.29. The Balaban J connectivity index is 2.09. The fourth-order valence-electron chi connectivity index (χ4n) is 2.52. The number of hydrogen-bond acceptors (Lipinski definition) is 2. The second-order valence-electron chi connectivity index (χ2n) is 4.46. The molecule has 1 aromatic carbocycles. The summed E-state index contributed by atoms with van der Waals surface area (Å²) in [5.41, 5.74) is 1.26. The van der Waals surface area contributed by atoms with E-state index in [4.69, 9.17) is 16.3 Å². The highest BCUT2D eigenvalue weighted by Gasteiger charge is 2.29. The molecule has 0 amide bonds. The molecule has 0 heterocycles. The molecule has 0 bridgehead atoms. The van der Waals surface area contributed by atoms with E-state index in [1.165, 1.54) is 12.0 Å². The van der Waals surface area contributed by atoms with Crippen LogP contribution in [0.1, 0.15) is 37.2 Å². The Morgan fingerprint density at radius 1 is 1.24 bits per heavy atom. The van der Waals surface area contributed by atoms with E-state index in [-0.39, 0.29) is 18.0 Å². The zero-order chi connectivity index (χ0) is 12.1. The van der Waals surface area contributed by atoms with Gasteiger partial charge < -0.3 is 4.74 Å². The zero-order valence-corrected chi connectivity index (χ0v) is 10.5. The molecule has 1 aliphatic carbocycles. The van der Waals surface area contributed by atoms with Crippen LogP contribution in [0.2, 0.25) is 0 Å². The topological polar surface area (TPSA) is 26.3 Å². The Bertz CT molecular complexity index is 364. The molecule has 0 radical (unpaired) electrons. The third-order valence-corrected chi connectivity index (χ3v) is 3.54. The Morgan fingerprint density at radius 2 is 1.94 bits per heavy atom. The summed E-state index contributed by atoms with van der Waals surface area (Å²) >= 11 is 5.49. The molecule has 0 spiro atoms.